The monoisotopic (exact) mass is 177 g/mol. The SMILES string of the molecule is [B][P+](C)(CC=O)c1ccccc1. The van der Waals surface area contributed by atoms with E-state index < -0.39 is 7.14 Å². The van der Waals surface area contributed by atoms with Crippen LogP contribution in [0.1, 0.15) is 0 Å². The minimum Gasteiger partial charge on any atom is -0.299 e. The second kappa shape index (κ2) is 3.86. The van der Waals surface area contributed by atoms with Crippen LogP contribution in [0.3, 0.4) is 0 Å². The van der Waals surface area contributed by atoms with E-state index in [0.29, 0.717) is 6.16 Å². The number of hydrogen-bond donors (Lipinski definition) is 0. The van der Waals surface area contributed by atoms with Gasteiger partial charge in [-0.3, -0.25) is 4.79 Å². The molecule has 0 saturated heterocycles. The van der Waals surface area contributed by atoms with Gasteiger partial charge in [-0.15, -0.1) is 0 Å². The first kappa shape index (κ1) is 9.47. The van der Waals surface area contributed by atoms with E-state index in [1.54, 1.807) is 0 Å². The van der Waals surface area contributed by atoms with Crippen LogP contribution in [-0.2, 0) is 4.79 Å². The van der Waals surface area contributed by atoms with Gasteiger partial charge in [0.05, 0.1) is 5.30 Å². The number of hydrogen-bond acceptors (Lipinski definition) is 1. The molecular formula is C9H11BOP+. The molecule has 60 valence electrons. The number of rotatable bonds is 3. The molecular weight excluding hydrogens is 166 g/mol. The minimum atomic E-state index is -1.66. The lowest BCUT2D eigenvalue weighted by atomic mass is 10.4. The first-order valence-electron chi connectivity index (χ1n) is 3.80. The van der Waals surface area contributed by atoms with Crippen molar-refractivity contribution in [3.8, 4) is 0 Å². The van der Waals surface area contributed by atoms with Crippen LogP contribution in [0.2, 0.25) is 0 Å². The van der Waals surface area contributed by atoms with Gasteiger partial charge in [0.25, 0.3) is 0 Å². The van der Waals surface area contributed by atoms with E-state index in [4.69, 9.17) is 7.57 Å². The summed E-state index contributed by atoms with van der Waals surface area (Å²) in [6.07, 6.45) is 1.37. The summed E-state index contributed by atoms with van der Waals surface area (Å²) in [5.74, 6) is 0. The molecule has 0 aromatic heterocycles. The van der Waals surface area contributed by atoms with E-state index in [0.717, 1.165) is 11.6 Å². The van der Waals surface area contributed by atoms with Crippen molar-refractivity contribution in [1.82, 2.24) is 0 Å². The first-order valence-corrected chi connectivity index (χ1v) is 6.29. The molecule has 0 fully saturated rings. The Morgan fingerprint density at radius 1 is 1.42 bits per heavy atom. The third-order valence-electron chi connectivity index (χ3n) is 1.80. The fraction of sp³-hybridized carbons (Fsp3) is 0.222. The normalized spacial score (nSPS) is 15.1. The molecule has 3 heteroatoms. The Kier molecular flexibility index (Phi) is 3.05. The van der Waals surface area contributed by atoms with E-state index in [9.17, 15) is 4.79 Å². The second-order valence-corrected chi connectivity index (χ2v) is 6.37. The fourth-order valence-electron chi connectivity index (χ4n) is 1.03. The van der Waals surface area contributed by atoms with E-state index in [2.05, 4.69) is 0 Å². The maximum absolute atomic E-state index is 10.3. The predicted octanol–water partition coefficient (Wildman–Crippen LogP) is 1.24. The highest BCUT2D eigenvalue weighted by molar-refractivity contribution is 8.03. The van der Waals surface area contributed by atoms with Crippen molar-refractivity contribution in [1.29, 1.82) is 0 Å². The highest BCUT2D eigenvalue weighted by Gasteiger charge is 2.27. The Morgan fingerprint density at radius 2 is 2.00 bits per heavy atom. The van der Waals surface area contributed by atoms with Crippen LogP contribution in [0, 0.1) is 0 Å². The van der Waals surface area contributed by atoms with Crippen LogP contribution in [0.4, 0.5) is 0 Å². The molecule has 0 bridgehead atoms. The number of benzene rings is 1. The maximum Gasteiger partial charge on any atom is 0.371 e. The molecule has 2 radical (unpaired) electrons. The Bertz CT molecular complexity index is 258. The van der Waals surface area contributed by atoms with Crippen LogP contribution >= 0.6 is 7.14 Å². The molecule has 12 heavy (non-hydrogen) atoms. The predicted molar refractivity (Wildman–Crippen MR) is 55.6 cm³/mol. The van der Waals surface area contributed by atoms with E-state index in [-0.39, 0.29) is 0 Å². The largest absolute Gasteiger partial charge is 0.371 e. The van der Waals surface area contributed by atoms with Gasteiger partial charge in [-0.1, -0.05) is 18.2 Å². The highest BCUT2D eigenvalue weighted by Crippen LogP contribution is 2.46. The zero-order valence-electron chi connectivity index (χ0n) is 7.10. The molecule has 0 N–H and O–H groups in total. The summed E-state index contributed by atoms with van der Waals surface area (Å²) in [6.45, 7) is 1.97. The van der Waals surface area contributed by atoms with Crippen LogP contribution in [0.5, 0.6) is 0 Å². The van der Waals surface area contributed by atoms with Gasteiger partial charge in [-0.25, -0.2) is 0 Å². The van der Waals surface area contributed by atoms with Crippen molar-refractivity contribution >= 4 is 26.3 Å². The Hall–Kier alpha value is -0.615. The van der Waals surface area contributed by atoms with Crippen molar-refractivity contribution in [2.75, 3.05) is 12.8 Å². The Labute approximate surface area is 74.9 Å². The highest BCUT2D eigenvalue weighted by atomic mass is 31.2. The van der Waals surface area contributed by atoms with Crippen molar-refractivity contribution in [3.63, 3.8) is 0 Å². The summed E-state index contributed by atoms with van der Waals surface area (Å²) in [6, 6.07) is 9.81. The van der Waals surface area contributed by atoms with Crippen molar-refractivity contribution in [2.45, 2.75) is 0 Å². The topological polar surface area (TPSA) is 17.1 Å². The lowest BCUT2D eigenvalue weighted by molar-refractivity contribution is -0.105. The third kappa shape index (κ3) is 2.18. The van der Waals surface area contributed by atoms with Gasteiger partial charge in [0.1, 0.15) is 6.16 Å². The summed E-state index contributed by atoms with van der Waals surface area (Å²) >= 11 is 0. The Morgan fingerprint density at radius 3 is 2.50 bits per heavy atom. The van der Waals surface area contributed by atoms with Gasteiger partial charge >= 0.3 is 7.57 Å². The van der Waals surface area contributed by atoms with Crippen molar-refractivity contribution < 1.29 is 4.79 Å². The van der Waals surface area contributed by atoms with Gasteiger partial charge in [0, 0.05) is 6.66 Å². The third-order valence-corrected chi connectivity index (χ3v) is 4.19. The van der Waals surface area contributed by atoms with Crippen LogP contribution in [0.15, 0.2) is 30.3 Å². The molecule has 1 aromatic rings. The minimum absolute atomic E-state index is 0.469. The molecule has 1 rings (SSSR count). The van der Waals surface area contributed by atoms with Crippen LogP contribution in [-0.4, -0.2) is 26.7 Å². The molecule has 0 aliphatic carbocycles. The quantitative estimate of drug-likeness (QED) is 0.385. The molecule has 0 aliphatic heterocycles. The van der Waals surface area contributed by atoms with Crippen molar-refractivity contribution in [3.05, 3.63) is 30.3 Å². The van der Waals surface area contributed by atoms with Crippen LogP contribution in [0.25, 0.3) is 0 Å². The summed E-state index contributed by atoms with van der Waals surface area (Å²) < 4.78 is 0. The van der Waals surface area contributed by atoms with Crippen molar-refractivity contribution in [2.24, 2.45) is 0 Å². The second-order valence-electron chi connectivity index (χ2n) is 2.95. The van der Waals surface area contributed by atoms with Gasteiger partial charge in [-0.05, 0) is 19.3 Å². The summed E-state index contributed by atoms with van der Waals surface area (Å²) in [5, 5.41) is 1.11. The van der Waals surface area contributed by atoms with E-state index >= 15 is 0 Å². The molecule has 1 unspecified atom stereocenters. The molecule has 0 spiro atoms. The smallest absolute Gasteiger partial charge is 0.299 e. The maximum atomic E-state index is 10.3. The van der Waals surface area contributed by atoms with Gasteiger partial charge in [0.2, 0.25) is 0 Å². The lowest BCUT2D eigenvalue weighted by Gasteiger charge is -2.14. The lowest BCUT2D eigenvalue weighted by Crippen LogP contribution is -2.13. The first-order chi connectivity index (χ1) is 5.67. The number of carbonyl (C=O) groups is 1. The average molecular weight is 177 g/mol. The Balaban J connectivity index is 2.89. The van der Waals surface area contributed by atoms with Gasteiger partial charge < -0.3 is 0 Å². The summed E-state index contributed by atoms with van der Waals surface area (Å²) in [5.41, 5.74) is 0. The van der Waals surface area contributed by atoms with E-state index in [1.165, 1.54) is 0 Å². The molecule has 0 aliphatic rings. The zero-order valence-corrected chi connectivity index (χ0v) is 8.00. The van der Waals surface area contributed by atoms with Gasteiger partial charge in [-0.2, -0.15) is 0 Å². The van der Waals surface area contributed by atoms with Crippen LogP contribution < -0.4 is 5.30 Å². The molecule has 1 atom stereocenters. The summed E-state index contributed by atoms with van der Waals surface area (Å²) in [4.78, 5) is 10.3. The molecule has 1 nitrogen and oxygen atoms in total. The van der Waals surface area contributed by atoms with E-state index in [1.807, 2.05) is 37.0 Å². The summed E-state index contributed by atoms with van der Waals surface area (Å²) in [7, 11) is 4.37. The molecule has 0 heterocycles. The number of aldehydes is 1. The van der Waals surface area contributed by atoms with Gasteiger partial charge in [0.15, 0.2) is 6.29 Å². The number of carbonyl (C=O) groups excluding carboxylic acids is 1. The molecule has 0 amide bonds. The molecule has 1 aromatic carbocycles. The zero-order chi connectivity index (χ0) is 9.03. The molecule has 0 saturated carbocycles. The standard InChI is InChI=1S/C9H11BOP/c1-12(10,8-7-11)9-5-3-2-4-6-9/h2-7H,8H2,1H3/q+1. The fourth-order valence-corrected chi connectivity index (χ4v) is 2.40. The average Bonchev–Trinajstić information content (AvgIpc) is 2.06.